The number of amides is 2. The van der Waals surface area contributed by atoms with Crippen LogP contribution in [0.5, 0.6) is 0 Å². The van der Waals surface area contributed by atoms with Crippen molar-refractivity contribution in [1.29, 1.82) is 0 Å². The monoisotopic (exact) mass is 319 g/mol. The molecule has 1 atom stereocenters. The minimum Gasteiger partial charge on any atom is -0.395 e. The van der Waals surface area contributed by atoms with E-state index in [1.165, 1.54) is 6.92 Å². The fourth-order valence-electron chi connectivity index (χ4n) is 2.91. The zero-order chi connectivity index (χ0) is 16.7. The molecule has 0 aliphatic carbocycles. The second-order valence-electron chi connectivity index (χ2n) is 5.93. The van der Waals surface area contributed by atoms with Crippen LogP contribution in [-0.4, -0.2) is 47.6 Å². The van der Waals surface area contributed by atoms with Gasteiger partial charge >= 0.3 is 0 Å². The highest BCUT2D eigenvalue weighted by molar-refractivity contribution is 5.93. The molecule has 0 spiro atoms. The lowest BCUT2D eigenvalue weighted by atomic mass is 10.0. The van der Waals surface area contributed by atoms with Gasteiger partial charge in [0, 0.05) is 37.3 Å². The van der Waals surface area contributed by atoms with Gasteiger partial charge in [-0.3, -0.25) is 14.5 Å². The molecule has 1 aromatic rings. The van der Waals surface area contributed by atoms with E-state index in [0.29, 0.717) is 24.3 Å². The van der Waals surface area contributed by atoms with E-state index < -0.39 is 0 Å². The number of carbonyl (C=O) groups excluding carboxylic acids is 2. The number of nitrogens with zero attached hydrogens (tertiary/aromatic N) is 1. The van der Waals surface area contributed by atoms with Crippen LogP contribution >= 0.6 is 0 Å². The van der Waals surface area contributed by atoms with Gasteiger partial charge in [-0.25, -0.2) is 0 Å². The van der Waals surface area contributed by atoms with E-state index in [2.05, 4.69) is 15.5 Å². The van der Waals surface area contributed by atoms with Gasteiger partial charge in [-0.15, -0.1) is 0 Å². The molecule has 1 fully saturated rings. The Labute approximate surface area is 136 Å². The minimum atomic E-state index is -0.145. The summed E-state index contributed by atoms with van der Waals surface area (Å²) in [5, 5.41) is 14.9. The van der Waals surface area contributed by atoms with Gasteiger partial charge in [0.2, 0.25) is 11.8 Å². The summed E-state index contributed by atoms with van der Waals surface area (Å²) in [7, 11) is 0. The molecular weight excluding hydrogens is 294 g/mol. The number of aliphatic hydroxyl groups is 1. The first-order valence-corrected chi connectivity index (χ1v) is 8.11. The first kappa shape index (κ1) is 17.4. The Balaban J connectivity index is 1.83. The summed E-state index contributed by atoms with van der Waals surface area (Å²) in [4.78, 5) is 25.3. The summed E-state index contributed by atoms with van der Waals surface area (Å²) in [6.45, 7) is 3.20. The Kier molecular flexibility index (Phi) is 6.55. The van der Waals surface area contributed by atoms with Gasteiger partial charge in [0.15, 0.2) is 0 Å². The third kappa shape index (κ3) is 5.65. The summed E-state index contributed by atoms with van der Waals surface area (Å²) in [5.41, 5.74) is 1.32. The Morgan fingerprint density at radius 1 is 1.26 bits per heavy atom. The van der Waals surface area contributed by atoms with E-state index in [1.54, 1.807) is 24.3 Å². The molecule has 126 valence electrons. The molecule has 1 aliphatic rings. The number of hydrogen-bond acceptors (Lipinski definition) is 4. The molecule has 0 unspecified atom stereocenters. The van der Waals surface area contributed by atoms with Crippen molar-refractivity contribution >= 4 is 23.2 Å². The Bertz CT molecular complexity index is 548. The number of likely N-dealkylation sites (tertiary alicyclic amines) is 1. The second kappa shape index (κ2) is 8.64. The first-order valence-electron chi connectivity index (χ1n) is 8.11. The molecule has 23 heavy (non-hydrogen) atoms. The van der Waals surface area contributed by atoms with Crippen LogP contribution in [0.4, 0.5) is 11.4 Å². The molecule has 2 amide bonds. The number of carbonyl (C=O) groups is 2. The van der Waals surface area contributed by atoms with Crippen LogP contribution in [-0.2, 0) is 9.59 Å². The molecule has 1 aromatic carbocycles. The van der Waals surface area contributed by atoms with E-state index in [1.807, 2.05) is 0 Å². The molecule has 2 rings (SSSR count). The number of rotatable bonds is 6. The van der Waals surface area contributed by atoms with Crippen molar-refractivity contribution in [2.75, 3.05) is 30.3 Å². The summed E-state index contributed by atoms with van der Waals surface area (Å²) >= 11 is 0. The standard InChI is InChI=1S/C17H25N3O3/c1-13(22)18-14-5-4-6-15(11-14)19-17(23)8-10-20-9-3-2-7-16(20)12-21/h4-6,11,16,21H,2-3,7-10,12H2,1H3,(H,18,22)(H,19,23)/t16-/m1/s1. The van der Waals surface area contributed by atoms with E-state index in [0.717, 1.165) is 25.8 Å². The highest BCUT2D eigenvalue weighted by Gasteiger charge is 2.21. The van der Waals surface area contributed by atoms with Gasteiger partial charge in [-0.05, 0) is 37.6 Å². The van der Waals surface area contributed by atoms with Gasteiger partial charge in [-0.2, -0.15) is 0 Å². The zero-order valence-electron chi connectivity index (χ0n) is 13.5. The molecule has 1 saturated heterocycles. The van der Waals surface area contributed by atoms with Crippen molar-refractivity contribution in [3.63, 3.8) is 0 Å². The molecule has 6 heteroatoms. The largest absolute Gasteiger partial charge is 0.395 e. The molecule has 0 bridgehead atoms. The third-order valence-electron chi connectivity index (χ3n) is 4.05. The highest BCUT2D eigenvalue weighted by atomic mass is 16.3. The number of benzene rings is 1. The molecular formula is C17H25N3O3. The Morgan fingerprint density at radius 3 is 2.70 bits per heavy atom. The lowest BCUT2D eigenvalue weighted by molar-refractivity contribution is -0.117. The maximum absolute atomic E-state index is 12.1. The van der Waals surface area contributed by atoms with E-state index in [9.17, 15) is 14.7 Å². The van der Waals surface area contributed by atoms with Gasteiger partial charge in [-0.1, -0.05) is 12.5 Å². The summed E-state index contributed by atoms with van der Waals surface area (Å²) < 4.78 is 0. The maximum atomic E-state index is 12.1. The minimum absolute atomic E-state index is 0.0627. The predicted octanol–water partition coefficient (Wildman–Crippen LogP) is 1.82. The quantitative estimate of drug-likeness (QED) is 0.747. The molecule has 3 N–H and O–H groups in total. The van der Waals surface area contributed by atoms with Crippen molar-refractivity contribution in [2.24, 2.45) is 0 Å². The van der Waals surface area contributed by atoms with Gasteiger partial charge in [0.05, 0.1) is 6.61 Å². The fourth-order valence-corrected chi connectivity index (χ4v) is 2.91. The maximum Gasteiger partial charge on any atom is 0.225 e. The third-order valence-corrected chi connectivity index (χ3v) is 4.05. The Morgan fingerprint density at radius 2 is 2.00 bits per heavy atom. The van der Waals surface area contributed by atoms with E-state index in [-0.39, 0.29) is 24.5 Å². The summed E-state index contributed by atoms with van der Waals surface area (Å²) in [5.74, 6) is -0.208. The van der Waals surface area contributed by atoms with Gasteiger partial charge < -0.3 is 15.7 Å². The molecule has 0 aromatic heterocycles. The van der Waals surface area contributed by atoms with Crippen LogP contribution in [0.25, 0.3) is 0 Å². The SMILES string of the molecule is CC(=O)Nc1cccc(NC(=O)CCN2CCCC[C@@H]2CO)c1. The van der Waals surface area contributed by atoms with Crippen LogP contribution in [0.1, 0.15) is 32.6 Å². The predicted molar refractivity (Wildman–Crippen MR) is 90.3 cm³/mol. The smallest absolute Gasteiger partial charge is 0.225 e. The lowest BCUT2D eigenvalue weighted by Gasteiger charge is -2.34. The molecule has 0 radical (unpaired) electrons. The summed E-state index contributed by atoms with van der Waals surface area (Å²) in [6, 6.07) is 7.26. The topological polar surface area (TPSA) is 81.7 Å². The van der Waals surface area contributed by atoms with Crippen LogP contribution in [0, 0.1) is 0 Å². The van der Waals surface area contributed by atoms with Crippen LogP contribution in [0.15, 0.2) is 24.3 Å². The molecule has 0 saturated carbocycles. The van der Waals surface area contributed by atoms with Crippen LogP contribution in [0.3, 0.4) is 0 Å². The van der Waals surface area contributed by atoms with E-state index in [4.69, 9.17) is 0 Å². The van der Waals surface area contributed by atoms with Crippen molar-refractivity contribution in [3.05, 3.63) is 24.3 Å². The highest BCUT2D eigenvalue weighted by Crippen LogP contribution is 2.18. The van der Waals surface area contributed by atoms with Crippen molar-refractivity contribution in [2.45, 2.75) is 38.6 Å². The van der Waals surface area contributed by atoms with Crippen LogP contribution in [0.2, 0.25) is 0 Å². The van der Waals surface area contributed by atoms with Crippen LogP contribution < -0.4 is 10.6 Å². The van der Waals surface area contributed by atoms with Gasteiger partial charge in [0.25, 0.3) is 0 Å². The lowest BCUT2D eigenvalue weighted by Crippen LogP contribution is -2.43. The normalized spacial score (nSPS) is 18.4. The number of hydrogen-bond donors (Lipinski definition) is 3. The number of nitrogens with one attached hydrogen (secondary N) is 2. The number of piperidine rings is 1. The Hall–Kier alpha value is -1.92. The van der Waals surface area contributed by atoms with E-state index >= 15 is 0 Å². The van der Waals surface area contributed by atoms with Gasteiger partial charge in [0.1, 0.15) is 0 Å². The van der Waals surface area contributed by atoms with Crippen molar-refractivity contribution in [3.8, 4) is 0 Å². The second-order valence-corrected chi connectivity index (χ2v) is 5.93. The summed E-state index contributed by atoms with van der Waals surface area (Å²) in [6.07, 6.45) is 3.65. The molecule has 1 aliphatic heterocycles. The zero-order valence-corrected chi connectivity index (χ0v) is 13.5. The number of aliphatic hydroxyl groups excluding tert-OH is 1. The average molecular weight is 319 g/mol. The fraction of sp³-hybridized carbons (Fsp3) is 0.529. The number of anilines is 2. The van der Waals surface area contributed by atoms with Crippen molar-refractivity contribution in [1.82, 2.24) is 4.90 Å². The van der Waals surface area contributed by atoms with Crippen molar-refractivity contribution < 1.29 is 14.7 Å². The average Bonchev–Trinajstić information content (AvgIpc) is 2.53. The molecule has 6 nitrogen and oxygen atoms in total. The first-order chi connectivity index (χ1) is 11.1. The molecule has 1 heterocycles.